The topological polar surface area (TPSA) is 63.2 Å². The first-order valence-corrected chi connectivity index (χ1v) is 10.3. The third-order valence-electron chi connectivity index (χ3n) is 3.86. The van der Waals surface area contributed by atoms with Crippen LogP contribution in [0.4, 0.5) is 4.39 Å². The van der Waals surface area contributed by atoms with Crippen molar-refractivity contribution >= 4 is 27.1 Å². The summed E-state index contributed by atoms with van der Waals surface area (Å²) in [6.07, 6.45) is 0. The molecule has 26 heavy (non-hydrogen) atoms. The van der Waals surface area contributed by atoms with Crippen molar-refractivity contribution in [3.63, 3.8) is 0 Å². The minimum Gasteiger partial charge on any atom is -0.350 e. The van der Waals surface area contributed by atoms with Gasteiger partial charge in [-0.2, -0.15) is 0 Å². The van der Waals surface area contributed by atoms with Crippen LogP contribution >= 0.6 is 11.3 Å². The summed E-state index contributed by atoms with van der Waals surface area (Å²) in [5.41, 5.74) is 0.455. The lowest BCUT2D eigenvalue weighted by Gasteiger charge is -2.17. The van der Waals surface area contributed by atoms with Crippen LogP contribution in [0.25, 0.3) is 0 Å². The Bertz CT molecular complexity index is 969. The standard InChI is InChI=1S/C19H16FNO3S2/c20-15-8-10-16(11-9-15)26(23,24)18(17-7-4-12-25-17)13-21-19(22)14-5-2-1-3-6-14/h1-12,18H,13H2,(H,21,22)/t18-/m0/s1. The largest absolute Gasteiger partial charge is 0.350 e. The molecular weight excluding hydrogens is 373 g/mol. The van der Waals surface area contributed by atoms with Gasteiger partial charge in [0.1, 0.15) is 11.1 Å². The molecule has 4 nitrogen and oxygen atoms in total. The maximum atomic E-state index is 13.1. The van der Waals surface area contributed by atoms with Gasteiger partial charge in [-0.3, -0.25) is 4.79 Å². The lowest BCUT2D eigenvalue weighted by Crippen LogP contribution is -2.31. The van der Waals surface area contributed by atoms with E-state index in [2.05, 4.69) is 5.32 Å². The van der Waals surface area contributed by atoms with E-state index in [-0.39, 0.29) is 17.3 Å². The van der Waals surface area contributed by atoms with Gasteiger partial charge in [0.2, 0.25) is 0 Å². The molecule has 0 unspecified atom stereocenters. The summed E-state index contributed by atoms with van der Waals surface area (Å²) >= 11 is 1.30. The highest BCUT2D eigenvalue weighted by Crippen LogP contribution is 2.31. The van der Waals surface area contributed by atoms with Crippen LogP contribution in [0.2, 0.25) is 0 Å². The van der Waals surface area contributed by atoms with E-state index in [0.29, 0.717) is 10.4 Å². The molecule has 1 amide bonds. The number of halogens is 1. The van der Waals surface area contributed by atoms with E-state index in [1.165, 1.54) is 23.5 Å². The average Bonchev–Trinajstić information content (AvgIpc) is 3.17. The van der Waals surface area contributed by atoms with Crippen molar-refractivity contribution in [2.75, 3.05) is 6.54 Å². The van der Waals surface area contributed by atoms with E-state index in [9.17, 15) is 17.6 Å². The molecule has 3 rings (SSSR count). The summed E-state index contributed by atoms with van der Waals surface area (Å²) in [6.45, 7) is -0.0754. The summed E-state index contributed by atoms with van der Waals surface area (Å²) in [4.78, 5) is 12.9. The van der Waals surface area contributed by atoms with E-state index in [4.69, 9.17) is 0 Å². The first kappa shape index (κ1) is 18.3. The molecule has 1 N–H and O–H groups in total. The number of thiophene rings is 1. The number of carbonyl (C=O) groups excluding carboxylic acids is 1. The van der Waals surface area contributed by atoms with Gasteiger partial charge in [0.05, 0.1) is 4.90 Å². The SMILES string of the molecule is O=C(NC[C@@H](c1cccs1)S(=O)(=O)c1ccc(F)cc1)c1ccccc1. The Balaban J connectivity index is 1.86. The van der Waals surface area contributed by atoms with Crippen LogP contribution in [0, 0.1) is 5.82 Å². The second kappa shape index (κ2) is 7.80. The van der Waals surface area contributed by atoms with Gasteiger partial charge in [-0.05, 0) is 47.8 Å². The summed E-state index contributed by atoms with van der Waals surface area (Å²) in [7, 11) is -3.79. The molecule has 0 spiro atoms. The summed E-state index contributed by atoms with van der Waals surface area (Å²) in [5.74, 6) is -0.851. The molecule has 0 bridgehead atoms. The smallest absolute Gasteiger partial charge is 0.251 e. The van der Waals surface area contributed by atoms with Crippen LogP contribution in [0.3, 0.4) is 0 Å². The predicted molar refractivity (Wildman–Crippen MR) is 99.4 cm³/mol. The van der Waals surface area contributed by atoms with Crippen molar-refractivity contribution in [3.05, 3.63) is 88.4 Å². The molecule has 0 aliphatic carbocycles. The van der Waals surface area contributed by atoms with Crippen LogP contribution in [-0.4, -0.2) is 20.9 Å². The van der Waals surface area contributed by atoms with E-state index in [1.54, 1.807) is 47.8 Å². The quantitative estimate of drug-likeness (QED) is 0.652. The number of amides is 1. The number of nitrogens with one attached hydrogen (secondary N) is 1. The maximum absolute atomic E-state index is 13.1. The fourth-order valence-electron chi connectivity index (χ4n) is 2.50. The Morgan fingerprint density at radius 2 is 1.69 bits per heavy atom. The fourth-order valence-corrected chi connectivity index (χ4v) is 5.29. The Morgan fingerprint density at radius 3 is 2.31 bits per heavy atom. The minimum atomic E-state index is -3.79. The second-order valence-corrected chi connectivity index (χ2v) is 8.69. The van der Waals surface area contributed by atoms with Crippen molar-refractivity contribution in [3.8, 4) is 0 Å². The maximum Gasteiger partial charge on any atom is 0.251 e. The Kier molecular flexibility index (Phi) is 5.49. The van der Waals surface area contributed by atoms with Crippen molar-refractivity contribution in [1.82, 2.24) is 5.32 Å². The highest BCUT2D eigenvalue weighted by atomic mass is 32.2. The molecule has 0 fully saturated rings. The lowest BCUT2D eigenvalue weighted by molar-refractivity contribution is 0.0953. The minimum absolute atomic E-state index is 0.0197. The number of carbonyl (C=O) groups is 1. The summed E-state index contributed by atoms with van der Waals surface area (Å²) in [5, 5.41) is 3.52. The highest BCUT2D eigenvalue weighted by Gasteiger charge is 2.30. The van der Waals surface area contributed by atoms with Gasteiger partial charge >= 0.3 is 0 Å². The number of sulfone groups is 1. The molecule has 1 heterocycles. The normalized spacial score (nSPS) is 12.5. The van der Waals surface area contributed by atoms with Crippen molar-refractivity contribution in [2.45, 2.75) is 10.1 Å². The van der Waals surface area contributed by atoms with Gasteiger partial charge in [0.15, 0.2) is 9.84 Å². The van der Waals surface area contributed by atoms with Gasteiger partial charge in [0, 0.05) is 17.0 Å². The van der Waals surface area contributed by atoms with Crippen molar-refractivity contribution in [1.29, 1.82) is 0 Å². The number of hydrogen-bond donors (Lipinski definition) is 1. The summed E-state index contributed by atoms with van der Waals surface area (Å²) < 4.78 is 39.2. The van der Waals surface area contributed by atoms with E-state index < -0.39 is 20.9 Å². The first-order chi connectivity index (χ1) is 12.5. The molecule has 0 saturated heterocycles. The molecule has 1 atom stereocenters. The highest BCUT2D eigenvalue weighted by molar-refractivity contribution is 7.91. The van der Waals surface area contributed by atoms with Gasteiger partial charge < -0.3 is 5.32 Å². The zero-order valence-electron chi connectivity index (χ0n) is 13.6. The zero-order chi connectivity index (χ0) is 18.6. The van der Waals surface area contributed by atoms with E-state index in [1.807, 2.05) is 0 Å². The van der Waals surface area contributed by atoms with Crippen LogP contribution in [0.1, 0.15) is 20.5 Å². The average molecular weight is 389 g/mol. The monoisotopic (exact) mass is 389 g/mol. The van der Waals surface area contributed by atoms with Gasteiger partial charge in [0.25, 0.3) is 5.91 Å². The number of hydrogen-bond acceptors (Lipinski definition) is 4. The Morgan fingerprint density at radius 1 is 1.00 bits per heavy atom. The Hall–Kier alpha value is -2.51. The van der Waals surface area contributed by atoms with Crippen LogP contribution < -0.4 is 5.32 Å². The van der Waals surface area contributed by atoms with Crippen molar-refractivity contribution < 1.29 is 17.6 Å². The third kappa shape index (κ3) is 4.00. The number of benzene rings is 2. The lowest BCUT2D eigenvalue weighted by atomic mass is 10.2. The molecular formula is C19H16FNO3S2. The predicted octanol–water partition coefficient (Wildman–Crippen LogP) is 3.83. The van der Waals surface area contributed by atoms with E-state index >= 15 is 0 Å². The first-order valence-electron chi connectivity index (χ1n) is 7.84. The molecule has 1 aromatic heterocycles. The van der Waals surface area contributed by atoms with E-state index in [0.717, 1.165) is 12.1 Å². The van der Waals surface area contributed by atoms with Crippen LogP contribution in [-0.2, 0) is 9.84 Å². The molecule has 0 aliphatic rings. The zero-order valence-corrected chi connectivity index (χ0v) is 15.3. The third-order valence-corrected chi connectivity index (χ3v) is 7.10. The molecule has 2 aromatic carbocycles. The summed E-state index contributed by atoms with van der Waals surface area (Å²) in [6, 6.07) is 16.8. The molecule has 3 aromatic rings. The fraction of sp³-hybridized carbons (Fsp3) is 0.105. The van der Waals surface area contributed by atoms with Crippen molar-refractivity contribution in [2.24, 2.45) is 0 Å². The molecule has 0 saturated carbocycles. The molecule has 7 heteroatoms. The Labute approximate surface area is 155 Å². The molecule has 0 aliphatic heterocycles. The van der Waals surface area contributed by atoms with Crippen LogP contribution in [0.15, 0.2) is 77.0 Å². The molecule has 0 radical (unpaired) electrons. The van der Waals surface area contributed by atoms with Gasteiger partial charge in [-0.1, -0.05) is 24.3 Å². The van der Waals surface area contributed by atoms with Gasteiger partial charge in [-0.15, -0.1) is 11.3 Å². The van der Waals surface area contributed by atoms with Crippen LogP contribution in [0.5, 0.6) is 0 Å². The second-order valence-electron chi connectivity index (χ2n) is 5.58. The number of rotatable bonds is 6. The molecule has 134 valence electrons. The van der Waals surface area contributed by atoms with Gasteiger partial charge in [-0.25, -0.2) is 12.8 Å².